The maximum atomic E-state index is 13.9. The van der Waals surface area contributed by atoms with Crippen LogP contribution in [0.2, 0.25) is 0 Å². The van der Waals surface area contributed by atoms with Crippen molar-refractivity contribution < 1.29 is 31.1 Å². The number of carbonyl (C=O) groups excluding carboxylic acids is 1. The van der Waals surface area contributed by atoms with E-state index in [1.165, 1.54) is 6.07 Å². The smallest absolute Gasteiger partial charge is 0.367 e. The highest BCUT2D eigenvalue weighted by Crippen LogP contribution is 2.41. The highest BCUT2D eigenvalue weighted by molar-refractivity contribution is 5.77. The van der Waals surface area contributed by atoms with E-state index < -0.39 is 23.7 Å². The van der Waals surface area contributed by atoms with Crippen LogP contribution in [0.3, 0.4) is 0 Å². The van der Waals surface area contributed by atoms with E-state index in [9.17, 15) is 31.1 Å². The fourth-order valence-corrected chi connectivity index (χ4v) is 5.55. The Balaban J connectivity index is 1.39. The van der Waals surface area contributed by atoms with Crippen molar-refractivity contribution in [3.63, 3.8) is 0 Å². The number of carbonyl (C=O) groups is 1. The number of hydrogen-bond acceptors (Lipinski definition) is 7. The Morgan fingerprint density at radius 3 is 2.24 bits per heavy atom. The number of fused-ring (bicyclic) bond motifs is 1. The molecule has 2 aliphatic heterocycles. The first-order valence-corrected chi connectivity index (χ1v) is 13.0. The Kier molecular flexibility index (Phi) is 7.32. The number of halogens is 6. The molecule has 15 heteroatoms. The first-order valence-electron chi connectivity index (χ1n) is 13.0. The third kappa shape index (κ3) is 5.79. The molecule has 3 aromatic rings. The minimum absolute atomic E-state index is 0.0385. The molecule has 220 valence electrons. The van der Waals surface area contributed by atoms with Crippen molar-refractivity contribution in [2.75, 3.05) is 36.0 Å². The Morgan fingerprint density at radius 2 is 1.66 bits per heavy atom. The maximum absolute atomic E-state index is 13.9. The first kappa shape index (κ1) is 28.6. The summed E-state index contributed by atoms with van der Waals surface area (Å²) in [6.07, 6.45) is -7.13. The summed E-state index contributed by atoms with van der Waals surface area (Å²) in [6, 6.07) is 2.30. The Morgan fingerprint density at radius 1 is 0.951 bits per heavy atom. The number of anilines is 2. The molecule has 0 unspecified atom stereocenters. The van der Waals surface area contributed by atoms with Gasteiger partial charge in [0.25, 0.3) is 0 Å². The monoisotopic (exact) mass is 582 g/mol. The van der Waals surface area contributed by atoms with E-state index in [-0.39, 0.29) is 49.3 Å². The molecule has 1 atom stereocenters. The molecule has 0 saturated carbocycles. The van der Waals surface area contributed by atoms with Crippen LogP contribution in [0, 0.1) is 13.8 Å². The van der Waals surface area contributed by atoms with Crippen LogP contribution >= 0.6 is 0 Å². The molecule has 1 saturated heterocycles. The third-order valence-corrected chi connectivity index (χ3v) is 7.49. The number of amides is 1. The number of hydrogen-bond donors (Lipinski definition) is 0. The van der Waals surface area contributed by atoms with Gasteiger partial charge in [0.2, 0.25) is 11.7 Å². The maximum Gasteiger partial charge on any atom is 0.451 e. The van der Waals surface area contributed by atoms with E-state index in [1.807, 2.05) is 11.8 Å². The van der Waals surface area contributed by atoms with Gasteiger partial charge in [-0.25, -0.2) is 19.6 Å². The van der Waals surface area contributed by atoms with Gasteiger partial charge in [-0.05, 0) is 50.5 Å². The van der Waals surface area contributed by atoms with Gasteiger partial charge < -0.3 is 14.7 Å². The fourth-order valence-electron chi connectivity index (χ4n) is 5.55. The van der Waals surface area contributed by atoms with Gasteiger partial charge in [0, 0.05) is 44.5 Å². The van der Waals surface area contributed by atoms with Crippen molar-refractivity contribution in [3.8, 4) is 0 Å². The summed E-state index contributed by atoms with van der Waals surface area (Å²) in [6.45, 7) is 6.78. The minimum atomic E-state index is -4.70. The van der Waals surface area contributed by atoms with Crippen LogP contribution < -0.4 is 9.80 Å². The summed E-state index contributed by atoms with van der Waals surface area (Å²) in [5.74, 6) is -0.221. The predicted molar refractivity (Wildman–Crippen MR) is 136 cm³/mol. The minimum Gasteiger partial charge on any atom is -0.367 e. The van der Waals surface area contributed by atoms with Crippen LogP contribution in [-0.4, -0.2) is 67.8 Å². The molecular weight excluding hydrogens is 554 g/mol. The quantitative estimate of drug-likeness (QED) is 0.430. The Labute approximate surface area is 231 Å². The van der Waals surface area contributed by atoms with Gasteiger partial charge in [0.15, 0.2) is 0 Å². The number of piperazine rings is 1. The largest absolute Gasteiger partial charge is 0.451 e. The normalized spacial score (nSPS) is 18.1. The molecule has 1 aromatic carbocycles. The fraction of sp³-hybridized carbons (Fsp3) is 0.500. The molecule has 41 heavy (non-hydrogen) atoms. The van der Waals surface area contributed by atoms with Crippen molar-refractivity contribution in [1.29, 1.82) is 0 Å². The molecule has 0 bridgehead atoms. The number of rotatable bonds is 4. The molecule has 0 N–H and O–H groups in total. The van der Waals surface area contributed by atoms with Gasteiger partial charge in [-0.3, -0.25) is 4.79 Å². The van der Waals surface area contributed by atoms with E-state index in [0.717, 1.165) is 18.5 Å². The molecule has 1 fully saturated rings. The summed E-state index contributed by atoms with van der Waals surface area (Å²) in [7, 11) is 0. The second-order valence-corrected chi connectivity index (χ2v) is 10.3. The summed E-state index contributed by atoms with van der Waals surface area (Å²) in [5.41, 5.74) is 0.788. The SMILES string of the molecule is Cc1nc(C)n(CC(=O)N2CCN(c3ccc(C(F)(F)F)c4c3CN(c3cnc(C(F)(F)F)nc3)CC4)C[C@H]2C)n1. The van der Waals surface area contributed by atoms with Gasteiger partial charge in [0.1, 0.15) is 18.2 Å². The lowest BCUT2D eigenvalue weighted by atomic mass is 9.91. The molecule has 0 spiro atoms. The number of aromatic nitrogens is 5. The zero-order valence-electron chi connectivity index (χ0n) is 22.6. The molecule has 2 aliphatic rings. The highest BCUT2D eigenvalue weighted by atomic mass is 19.4. The molecule has 5 rings (SSSR count). The van der Waals surface area contributed by atoms with Crippen molar-refractivity contribution in [2.45, 2.75) is 58.7 Å². The van der Waals surface area contributed by atoms with Gasteiger partial charge >= 0.3 is 12.4 Å². The molecule has 0 radical (unpaired) electrons. The van der Waals surface area contributed by atoms with Crippen LogP contribution in [-0.2, 0) is 36.7 Å². The summed E-state index contributed by atoms with van der Waals surface area (Å²) in [5, 5.41) is 4.24. The molecule has 2 aromatic heterocycles. The molecule has 0 aliphatic carbocycles. The van der Waals surface area contributed by atoms with E-state index in [4.69, 9.17) is 0 Å². The van der Waals surface area contributed by atoms with Crippen LogP contribution in [0.25, 0.3) is 0 Å². The Bertz CT molecular complexity index is 1440. The van der Waals surface area contributed by atoms with Crippen molar-refractivity contribution in [2.24, 2.45) is 0 Å². The summed E-state index contributed by atoms with van der Waals surface area (Å²) >= 11 is 0. The van der Waals surface area contributed by atoms with Gasteiger partial charge in [-0.2, -0.15) is 31.4 Å². The van der Waals surface area contributed by atoms with Crippen molar-refractivity contribution in [1.82, 2.24) is 29.6 Å². The lowest BCUT2D eigenvalue weighted by Crippen LogP contribution is -2.55. The van der Waals surface area contributed by atoms with Crippen molar-refractivity contribution in [3.05, 3.63) is 58.7 Å². The summed E-state index contributed by atoms with van der Waals surface area (Å²) < 4.78 is 82.1. The van der Waals surface area contributed by atoms with Crippen molar-refractivity contribution >= 4 is 17.3 Å². The number of nitrogens with zero attached hydrogens (tertiary/aromatic N) is 8. The van der Waals surface area contributed by atoms with Crippen LogP contribution in [0.4, 0.5) is 37.7 Å². The second kappa shape index (κ2) is 10.5. The average molecular weight is 583 g/mol. The van der Waals surface area contributed by atoms with Gasteiger partial charge in [0.05, 0.1) is 23.6 Å². The standard InChI is InChI=1S/C26H28F6N8O/c1-15-12-38(8-9-39(15)23(41)14-40-17(3)35-16(2)36-40)22-5-4-21(25(27,28)29)19-6-7-37(13-20(19)22)18-10-33-24(34-11-18)26(30,31)32/h4-5,10-11,15H,6-9,12-14H2,1-3H3/t15-/m1/s1. The second-order valence-electron chi connectivity index (χ2n) is 10.3. The third-order valence-electron chi connectivity index (χ3n) is 7.49. The number of aryl methyl sites for hydroxylation is 2. The van der Waals surface area contributed by atoms with E-state index >= 15 is 0 Å². The number of alkyl halides is 6. The lowest BCUT2D eigenvalue weighted by molar-refractivity contribution is -0.145. The highest BCUT2D eigenvalue weighted by Gasteiger charge is 2.39. The molecule has 4 heterocycles. The lowest BCUT2D eigenvalue weighted by Gasteiger charge is -2.43. The average Bonchev–Trinajstić information content (AvgIpc) is 3.22. The van der Waals surface area contributed by atoms with Crippen LogP contribution in [0.1, 0.15) is 41.1 Å². The number of benzene rings is 1. The van der Waals surface area contributed by atoms with Crippen LogP contribution in [0.5, 0.6) is 0 Å². The Hall–Kier alpha value is -3.91. The topological polar surface area (TPSA) is 83.3 Å². The predicted octanol–water partition coefficient (Wildman–Crippen LogP) is 4.02. The van der Waals surface area contributed by atoms with E-state index in [2.05, 4.69) is 20.1 Å². The first-order chi connectivity index (χ1) is 19.2. The van der Waals surface area contributed by atoms with Crippen LogP contribution in [0.15, 0.2) is 24.5 Å². The van der Waals surface area contributed by atoms with E-state index in [1.54, 1.807) is 28.3 Å². The van der Waals surface area contributed by atoms with Gasteiger partial charge in [-0.15, -0.1) is 0 Å². The molecule has 9 nitrogen and oxygen atoms in total. The van der Waals surface area contributed by atoms with Gasteiger partial charge in [-0.1, -0.05) is 0 Å². The molecule has 1 amide bonds. The summed E-state index contributed by atoms with van der Waals surface area (Å²) in [4.78, 5) is 29.5. The zero-order valence-corrected chi connectivity index (χ0v) is 22.6. The zero-order chi connectivity index (χ0) is 29.7. The van der Waals surface area contributed by atoms with E-state index in [0.29, 0.717) is 42.5 Å². The molecular formula is C26H28F6N8O.